The Morgan fingerprint density at radius 2 is 1.55 bits per heavy atom. The number of nitriles is 1. The highest BCUT2D eigenvalue weighted by Gasteiger charge is 2.33. The molecule has 2 aromatic carbocycles. The van der Waals surface area contributed by atoms with Crippen molar-refractivity contribution >= 4 is 23.7 Å². The SMILES string of the molecule is CCCC[C@H](C)[C@@H]1CC(=O)N[C@H](Cc2ccc(C#N)cc2)C(=O)N[C@@H](C)C(=O)N[C@H](Cc2ccccc2)C(=O)O1. The van der Waals surface area contributed by atoms with Gasteiger partial charge in [-0.3, -0.25) is 14.4 Å². The second kappa shape index (κ2) is 14.8. The van der Waals surface area contributed by atoms with E-state index in [9.17, 15) is 19.2 Å². The molecular formula is C31H38N4O5. The lowest BCUT2D eigenvalue weighted by atomic mass is 9.95. The third-order valence-corrected chi connectivity index (χ3v) is 7.11. The molecule has 0 saturated carbocycles. The van der Waals surface area contributed by atoms with Crippen molar-refractivity contribution < 1.29 is 23.9 Å². The maximum atomic E-state index is 13.4. The third-order valence-electron chi connectivity index (χ3n) is 7.11. The molecule has 0 spiro atoms. The Balaban J connectivity index is 1.90. The van der Waals surface area contributed by atoms with E-state index in [4.69, 9.17) is 10.00 Å². The fourth-order valence-corrected chi connectivity index (χ4v) is 4.62. The van der Waals surface area contributed by atoms with Gasteiger partial charge in [-0.2, -0.15) is 5.26 Å². The van der Waals surface area contributed by atoms with Crippen LogP contribution in [0.3, 0.4) is 0 Å². The molecule has 0 bridgehead atoms. The fraction of sp³-hybridized carbons (Fsp3) is 0.452. The van der Waals surface area contributed by atoms with Crippen molar-refractivity contribution in [2.24, 2.45) is 5.92 Å². The Bertz CT molecular complexity index is 1210. The molecule has 5 atom stereocenters. The molecule has 9 nitrogen and oxygen atoms in total. The topological polar surface area (TPSA) is 137 Å². The van der Waals surface area contributed by atoms with Gasteiger partial charge in [0.15, 0.2) is 0 Å². The van der Waals surface area contributed by atoms with Crippen molar-refractivity contribution in [1.82, 2.24) is 16.0 Å². The van der Waals surface area contributed by atoms with Gasteiger partial charge in [-0.15, -0.1) is 0 Å². The number of carbonyl (C=O) groups excluding carboxylic acids is 4. The van der Waals surface area contributed by atoms with Crippen molar-refractivity contribution in [1.29, 1.82) is 5.26 Å². The quantitative estimate of drug-likeness (QED) is 0.436. The van der Waals surface area contributed by atoms with E-state index in [-0.39, 0.29) is 25.2 Å². The molecule has 9 heteroatoms. The largest absolute Gasteiger partial charge is 0.460 e. The van der Waals surface area contributed by atoms with E-state index in [0.29, 0.717) is 5.56 Å². The summed E-state index contributed by atoms with van der Waals surface area (Å²) in [5, 5.41) is 17.3. The number of nitrogens with one attached hydrogen (secondary N) is 3. The van der Waals surface area contributed by atoms with Crippen LogP contribution in [-0.2, 0) is 36.8 Å². The maximum absolute atomic E-state index is 13.4. The summed E-state index contributed by atoms with van der Waals surface area (Å²) in [5.41, 5.74) is 2.05. The van der Waals surface area contributed by atoms with Gasteiger partial charge in [0, 0.05) is 12.8 Å². The van der Waals surface area contributed by atoms with Gasteiger partial charge >= 0.3 is 5.97 Å². The molecule has 1 heterocycles. The molecule has 1 aliphatic rings. The molecule has 1 fully saturated rings. The number of hydrogen-bond donors (Lipinski definition) is 3. The fourth-order valence-electron chi connectivity index (χ4n) is 4.62. The average molecular weight is 547 g/mol. The summed E-state index contributed by atoms with van der Waals surface area (Å²) >= 11 is 0. The molecule has 0 aliphatic carbocycles. The number of ether oxygens (including phenoxy) is 1. The average Bonchev–Trinajstić information content (AvgIpc) is 2.95. The zero-order chi connectivity index (χ0) is 29.1. The van der Waals surface area contributed by atoms with Crippen LogP contribution in [0.4, 0.5) is 0 Å². The number of rotatable bonds is 8. The first kappa shape index (κ1) is 30.4. The van der Waals surface area contributed by atoms with Crippen LogP contribution in [0.1, 0.15) is 63.1 Å². The second-order valence-corrected chi connectivity index (χ2v) is 10.4. The number of cyclic esters (lactones) is 1. The van der Waals surface area contributed by atoms with Crippen molar-refractivity contribution in [3.05, 3.63) is 71.3 Å². The highest BCUT2D eigenvalue weighted by atomic mass is 16.5. The summed E-state index contributed by atoms with van der Waals surface area (Å²) in [7, 11) is 0. The lowest BCUT2D eigenvalue weighted by Gasteiger charge is -2.27. The summed E-state index contributed by atoms with van der Waals surface area (Å²) in [6.45, 7) is 5.52. The number of amides is 3. The molecule has 2 aromatic rings. The van der Waals surface area contributed by atoms with Gasteiger partial charge in [-0.1, -0.05) is 69.2 Å². The lowest BCUT2D eigenvalue weighted by molar-refractivity contribution is -0.157. The molecule has 212 valence electrons. The van der Waals surface area contributed by atoms with Gasteiger partial charge in [0.2, 0.25) is 17.7 Å². The third kappa shape index (κ3) is 8.94. The first-order valence-electron chi connectivity index (χ1n) is 13.8. The minimum atomic E-state index is -0.992. The first-order chi connectivity index (χ1) is 19.2. The monoisotopic (exact) mass is 546 g/mol. The molecule has 1 aliphatic heterocycles. The summed E-state index contributed by atoms with van der Waals surface area (Å²) < 4.78 is 5.92. The zero-order valence-corrected chi connectivity index (χ0v) is 23.3. The van der Waals surface area contributed by atoms with Gasteiger partial charge in [0.1, 0.15) is 24.2 Å². The number of esters is 1. The van der Waals surface area contributed by atoms with E-state index in [1.807, 2.05) is 37.3 Å². The van der Waals surface area contributed by atoms with Crippen molar-refractivity contribution in [3.8, 4) is 6.07 Å². The molecule has 0 radical (unpaired) electrons. The standard InChI is InChI=1S/C31H38N4O5/c1-4-5-9-20(2)27-18-28(36)34-25(16-23-12-14-24(19-32)15-13-23)30(38)33-21(3)29(37)35-26(31(39)40-27)17-22-10-7-6-8-11-22/h6-8,10-15,20-21,25-27H,4-5,9,16-18H2,1-3H3,(H,33,38)(H,34,36)(H,35,37)/t20-,21-,25+,26+,27-/m0/s1. The van der Waals surface area contributed by atoms with Crippen molar-refractivity contribution in [2.75, 3.05) is 0 Å². The second-order valence-electron chi connectivity index (χ2n) is 10.4. The van der Waals surface area contributed by atoms with E-state index in [0.717, 1.165) is 30.4 Å². The summed E-state index contributed by atoms with van der Waals surface area (Å²) in [6.07, 6.45) is 2.13. The number of unbranched alkanes of at least 4 members (excludes halogenated alkanes) is 1. The number of nitrogens with zero attached hydrogens (tertiary/aromatic N) is 1. The molecule has 40 heavy (non-hydrogen) atoms. The van der Waals surface area contributed by atoms with Gasteiger partial charge < -0.3 is 20.7 Å². The van der Waals surface area contributed by atoms with E-state index in [1.165, 1.54) is 6.92 Å². The van der Waals surface area contributed by atoms with Gasteiger partial charge in [-0.05, 0) is 42.5 Å². The van der Waals surface area contributed by atoms with Crippen LogP contribution >= 0.6 is 0 Å². The first-order valence-corrected chi connectivity index (χ1v) is 13.8. The Labute approximate surface area is 235 Å². The molecule has 1 saturated heterocycles. The molecule has 3 rings (SSSR count). The summed E-state index contributed by atoms with van der Waals surface area (Å²) in [6, 6.07) is 15.1. The predicted octanol–water partition coefficient (Wildman–Crippen LogP) is 2.96. The Morgan fingerprint density at radius 1 is 0.900 bits per heavy atom. The predicted molar refractivity (Wildman–Crippen MR) is 150 cm³/mol. The number of carbonyl (C=O) groups is 4. The minimum absolute atomic E-state index is 0.113. The molecule has 3 amide bonds. The van der Waals surface area contributed by atoms with E-state index < -0.39 is 47.9 Å². The van der Waals surface area contributed by atoms with Crippen LogP contribution in [-0.4, -0.2) is 47.9 Å². The van der Waals surface area contributed by atoms with Crippen molar-refractivity contribution in [2.45, 2.75) is 83.5 Å². The van der Waals surface area contributed by atoms with Gasteiger partial charge in [0.25, 0.3) is 0 Å². The van der Waals surface area contributed by atoms with Crippen LogP contribution < -0.4 is 16.0 Å². The summed E-state index contributed by atoms with van der Waals surface area (Å²) in [5.74, 6) is -2.23. The van der Waals surface area contributed by atoms with E-state index >= 15 is 0 Å². The van der Waals surface area contributed by atoms with Gasteiger partial charge in [0.05, 0.1) is 18.1 Å². The summed E-state index contributed by atoms with van der Waals surface area (Å²) in [4.78, 5) is 53.0. The number of hydrogen-bond acceptors (Lipinski definition) is 6. The van der Waals surface area contributed by atoms with Gasteiger partial charge in [-0.25, -0.2) is 4.79 Å². The highest BCUT2D eigenvalue weighted by molar-refractivity contribution is 5.94. The van der Waals surface area contributed by atoms with Crippen LogP contribution in [0.2, 0.25) is 0 Å². The molecule has 0 aromatic heterocycles. The zero-order valence-electron chi connectivity index (χ0n) is 23.3. The van der Waals surface area contributed by atoms with E-state index in [1.54, 1.807) is 24.3 Å². The smallest absolute Gasteiger partial charge is 0.329 e. The Kier molecular flexibility index (Phi) is 11.2. The molecule has 3 N–H and O–H groups in total. The van der Waals surface area contributed by atoms with Crippen LogP contribution in [0.15, 0.2) is 54.6 Å². The molecule has 0 unspecified atom stereocenters. The van der Waals surface area contributed by atoms with Crippen LogP contribution in [0, 0.1) is 17.2 Å². The maximum Gasteiger partial charge on any atom is 0.329 e. The van der Waals surface area contributed by atoms with E-state index in [2.05, 4.69) is 28.9 Å². The van der Waals surface area contributed by atoms with Crippen molar-refractivity contribution in [3.63, 3.8) is 0 Å². The Hall–Kier alpha value is -4.19. The lowest BCUT2D eigenvalue weighted by Crippen LogP contribution is -2.55. The minimum Gasteiger partial charge on any atom is -0.460 e. The van der Waals surface area contributed by atoms with Crippen LogP contribution in [0.25, 0.3) is 0 Å². The highest BCUT2D eigenvalue weighted by Crippen LogP contribution is 2.20. The molecular weight excluding hydrogens is 508 g/mol. The Morgan fingerprint density at radius 3 is 2.20 bits per heavy atom. The normalized spacial score (nSPS) is 23.1. The number of benzene rings is 2. The van der Waals surface area contributed by atoms with Crippen LogP contribution in [0.5, 0.6) is 0 Å².